The van der Waals surface area contributed by atoms with Crippen LogP contribution >= 0.6 is 11.3 Å². The van der Waals surface area contributed by atoms with Crippen molar-refractivity contribution in [1.29, 1.82) is 0 Å². The first-order valence-electron chi connectivity index (χ1n) is 7.99. The number of hydrogen-bond donors (Lipinski definition) is 2. The van der Waals surface area contributed by atoms with Crippen LogP contribution in [0.1, 0.15) is 22.5 Å². The molecule has 1 aliphatic rings. The number of carbonyl (C=O) groups excluding carboxylic acids is 1. The molecule has 1 aromatic carbocycles. The summed E-state index contributed by atoms with van der Waals surface area (Å²) in [4.78, 5) is 18.8. The lowest BCUT2D eigenvalue weighted by Crippen LogP contribution is -2.53. The largest absolute Gasteiger partial charge is 0.496 e. The van der Waals surface area contributed by atoms with Crippen molar-refractivity contribution in [3.05, 3.63) is 46.2 Å². The van der Waals surface area contributed by atoms with E-state index in [1.54, 1.807) is 5.51 Å². The van der Waals surface area contributed by atoms with Crippen LogP contribution in [-0.4, -0.2) is 53.2 Å². The monoisotopic (exact) mass is 365 g/mol. The molecule has 1 fully saturated rings. The number of β-amino-alcohol motifs (C(OH)–C–C–N with tert-alkyl or cyclic N) is 1. The predicted molar refractivity (Wildman–Crippen MR) is 92.2 cm³/mol. The second kappa shape index (κ2) is 7.90. The summed E-state index contributed by atoms with van der Waals surface area (Å²) in [6.07, 6.45) is -0.150. The van der Waals surface area contributed by atoms with Gasteiger partial charge in [0.1, 0.15) is 17.1 Å². The number of aliphatic hydroxyl groups is 1. The number of likely N-dealkylation sites (tertiary alicyclic amines) is 1. The molecule has 25 heavy (non-hydrogen) atoms. The Balaban J connectivity index is 1.61. The van der Waals surface area contributed by atoms with E-state index < -0.39 is 23.9 Å². The topological polar surface area (TPSA) is 74.7 Å². The number of methoxy groups -OCH3 is 1. The summed E-state index contributed by atoms with van der Waals surface area (Å²) in [6, 6.07) is 3.80. The molecule has 3 rings (SSSR count). The normalized spacial score (nSPS) is 21.1. The van der Waals surface area contributed by atoms with Crippen molar-refractivity contribution in [3.8, 4) is 5.75 Å². The molecular weight excluding hydrogens is 345 g/mol. The summed E-state index contributed by atoms with van der Waals surface area (Å²) < 4.78 is 19.1. The lowest BCUT2D eigenvalue weighted by atomic mass is 10.0. The maximum Gasteiger partial charge on any atom is 0.258 e. The second-order valence-corrected chi connectivity index (χ2v) is 6.69. The van der Waals surface area contributed by atoms with Gasteiger partial charge in [0.15, 0.2) is 0 Å². The highest BCUT2D eigenvalue weighted by atomic mass is 32.1. The van der Waals surface area contributed by atoms with Crippen molar-refractivity contribution in [3.63, 3.8) is 0 Å². The van der Waals surface area contributed by atoms with Crippen LogP contribution in [-0.2, 0) is 6.54 Å². The number of thiazole rings is 1. The lowest BCUT2D eigenvalue weighted by Gasteiger charge is -2.36. The molecule has 0 radical (unpaired) electrons. The van der Waals surface area contributed by atoms with Crippen molar-refractivity contribution < 1.29 is 19.0 Å². The van der Waals surface area contributed by atoms with Crippen molar-refractivity contribution in [2.24, 2.45) is 0 Å². The highest BCUT2D eigenvalue weighted by Gasteiger charge is 2.30. The first-order valence-corrected chi connectivity index (χ1v) is 8.93. The molecule has 2 aromatic rings. The maximum absolute atomic E-state index is 14.0. The van der Waals surface area contributed by atoms with Gasteiger partial charge < -0.3 is 15.2 Å². The number of aliphatic hydroxyl groups excluding tert-OH is 1. The minimum Gasteiger partial charge on any atom is -0.496 e. The van der Waals surface area contributed by atoms with Crippen LogP contribution in [0.2, 0.25) is 0 Å². The number of aromatic nitrogens is 1. The molecule has 2 atom stereocenters. The fraction of sp³-hybridized carbons (Fsp3) is 0.412. The molecule has 1 saturated heterocycles. The molecule has 0 saturated carbocycles. The number of amides is 1. The third kappa shape index (κ3) is 4.15. The smallest absolute Gasteiger partial charge is 0.258 e. The molecule has 134 valence electrons. The third-order valence-electron chi connectivity index (χ3n) is 4.27. The summed E-state index contributed by atoms with van der Waals surface area (Å²) in [7, 11) is 1.39. The minimum atomic E-state index is -0.728. The Bertz CT molecular complexity index is 726. The van der Waals surface area contributed by atoms with E-state index in [1.165, 1.54) is 36.6 Å². The summed E-state index contributed by atoms with van der Waals surface area (Å²) in [6.45, 7) is 1.81. The van der Waals surface area contributed by atoms with Gasteiger partial charge in [-0.2, -0.15) is 0 Å². The summed E-state index contributed by atoms with van der Waals surface area (Å²) in [5.74, 6) is -1.05. The molecule has 2 N–H and O–H groups in total. The summed E-state index contributed by atoms with van der Waals surface area (Å²) >= 11 is 1.54. The van der Waals surface area contributed by atoms with E-state index in [1.807, 2.05) is 5.38 Å². The van der Waals surface area contributed by atoms with Gasteiger partial charge >= 0.3 is 0 Å². The van der Waals surface area contributed by atoms with Crippen LogP contribution in [0, 0.1) is 5.82 Å². The molecule has 6 nitrogen and oxygen atoms in total. The molecule has 8 heteroatoms. The quantitative estimate of drug-likeness (QED) is 0.843. The van der Waals surface area contributed by atoms with E-state index >= 15 is 0 Å². The number of carbonyl (C=O) groups is 1. The van der Waals surface area contributed by atoms with E-state index in [-0.39, 0.29) is 11.3 Å². The average molecular weight is 365 g/mol. The Labute approximate surface area is 149 Å². The molecule has 0 bridgehead atoms. The average Bonchev–Trinajstić information content (AvgIpc) is 3.09. The van der Waals surface area contributed by atoms with Crippen molar-refractivity contribution in [2.45, 2.75) is 25.1 Å². The van der Waals surface area contributed by atoms with E-state index in [9.17, 15) is 14.3 Å². The van der Waals surface area contributed by atoms with E-state index in [2.05, 4.69) is 15.2 Å². The second-order valence-electron chi connectivity index (χ2n) is 5.97. The molecule has 0 aliphatic carbocycles. The van der Waals surface area contributed by atoms with Crippen LogP contribution < -0.4 is 10.1 Å². The van der Waals surface area contributed by atoms with Crippen LogP contribution in [0.15, 0.2) is 29.1 Å². The first-order chi connectivity index (χ1) is 12.1. The SMILES string of the molecule is COc1cccc(F)c1C(=O)N[C@@H]1CCN(Cc2cscn2)C[C@H]1O. The minimum absolute atomic E-state index is 0.137. The molecule has 0 spiro atoms. The zero-order valence-electron chi connectivity index (χ0n) is 13.8. The Morgan fingerprint density at radius 1 is 1.56 bits per heavy atom. The maximum atomic E-state index is 14.0. The van der Waals surface area contributed by atoms with Crippen LogP contribution in [0.25, 0.3) is 0 Å². The molecule has 0 unspecified atom stereocenters. The number of nitrogens with one attached hydrogen (secondary N) is 1. The number of rotatable bonds is 5. The highest BCUT2D eigenvalue weighted by Crippen LogP contribution is 2.22. The van der Waals surface area contributed by atoms with Crippen molar-refractivity contribution in [2.75, 3.05) is 20.2 Å². The van der Waals surface area contributed by atoms with Gasteiger partial charge in [-0.1, -0.05) is 6.07 Å². The highest BCUT2D eigenvalue weighted by molar-refractivity contribution is 7.07. The van der Waals surface area contributed by atoms with Crippen LogP contribution in [0.3, 0.4) is 0 Å². The van der Waals surface area contributed by atoms with Crippen LogP contribution in [0.4, 0.5) is 4.39 Å². The zero-order valence-corrected chi connectivity index (χ0v) is 14.6. The molecule has 2 heterocycles. The van der Waals surface area contributed by atoms with Crippen molar-refractivity contribution >= 4 is 17.2 Å². The van der Waals surface area contributed by atoms with Gasteiger partial charge in [0, 0.05) is 25.0 Å². The fourth-order valence-electron chi connectivity index (χ4n) is 2.99. The van der Waals surface area contributed by atoms with Gasteiger partial charge in [-0.05, 0) is 18.6 Å². The molecular formula is C17H20FN3O3S. The van der Waals surface area contributed by atoms with Gasteiger partial charge in [0.2, 0.25) is 0 Å². The Morgan fingerprint density at radius 3 is 3.08 bits per heavy atom. The Morgan fingerprint density at radius 2 is 2.40 bits per heavy atom. The fourth-order valence-corrected chi connectivity index (χ4v) is 3.54. The lowest BCUT2D eigenvalue weighted by molar-refractivity contribution is 0.0344. The number of piperidine rings is 1. The standard InChI is InChI=1S/C17H20FN3O3S/c1-24-15-4-2-3-12(18)16(15)17(23)20-13-5-6-21(8-14(13)22)7-11-9-25-10-19-11/h2-4,9-10,13-14,22H,5-8H2,1H3,(H,20,23)/t13-,14-/m1/s1. The van der Waals surface area contributed by atoms with Crippen LogP contribution in [0.5, 0.6) is 5.75 Å². The number of ether oxygens (including phenoxy) is 1. The Kier molecular flexibility index (Phi) is 5.62. The zero-order chi connectivity index (χ0) is 17.8. The summed E-state index contributed by atoms with van der Waals surface area (Å²) in [5, 5.41) is 15.1. The van der Waals surface area contributed by atoms with E-state index in [0.29, 0.717) is 26.1 Å². The predicted octanol–water partition coefficient (Wildman–Crippen LogP) is 1.66. The number of benzene rings is 1. The number of halogens is 1. The van der Waals surface area contributed by atoms with Gasteiger partial charge in [0.05, 0.1) is 30.5 Å². The van der Waals surface area contributed by atoms with E-state index in [4.69, 9.17) is 4.74 Å². The molecule has 1 aliphatic heterocycles. The molecule has 1 aromatic heterocycles. The van der Waals surface area contributed by atoms with Gasteiger partial charge in [-0.15, -0.1) is 11.3 Å². The first kappa shape index (κ1) is 17.8. The molecule has 1 amide bonds. The van der Waals surface area contributed by atoms with Gasteiger partial charge in [-0.25, -0.2) is 9.37 Å². The summed E-state index contributed by atoms with van der Waals surface area (Å²) in [5.41, 5.74) is 2.61. The van der Waals surface area contributed by atoms with E-state index in [0.717, 1.165) is 5.69 Å². The van der Waals surface area contributed by atoms with Gasteiger partial charge in [0.25, 0.3) is 5.91 Å². The third-order valence-corrected chi connectivity index (χ3v) is 4.91. The Hall–Kier alpha value is -2.03. The number of hydrogen-bond acceptors (Lipinski definition) is 6. The van der Waals surface area contributed by atoms with Crippen molar-refractivity contribution in [1.82, 2.24) is 15.2 Å². The number of nitrogens with zero attached hydrogens (tertiary/aromatic N) is 2. The van der Waals surface area contributed by atoms with Gasteiger partial charge in [-0.3, -0.25) is 9.69 Å².